The van der Waals surface area contributed by atoms with Crippen LogP contribution in [0, 0.1) is 0 Å². The van der Waals surface area contributed by atoms with Gasteiger partial charge >= 0.3 is 0 Å². The van der Waals surface area contributed by atoms with Crippen LogP contribution in [0.5, 0.6) is 0 Å². The van der Waals surface area contributed by atoms with Crippen molar-refractivity contribution in [3.8, 4) is 0 Å². The fraction of sp³-hybridized carbons (Fsp3) is 0.462. The van der Waals surface area contributed by atoms with Crippen LogP contribution in [0.15, 0.2) is 28.7 Å². The largest absolute Gasteiger partial charge is 0.336 e. The third kappa shape index (κ3) is 2.29. The second-order valence-electron chi connectivity index (χ2n) is 4.32. The number of carbonyl (C=O) groups is 1. The van der Waals surface area contributed by atoms with E-state index in [-0.39, 0.29) is 5.91 Å². The molecular weight excluding hydrogens is 266 g/mol. The third-order valence-corrected chi connectivity index (χ3v) is 3.86. The van der Waals surface area contributed by atoms with Crippen LogP contribution in [0.25, 0.3) is 0 Å². The molecule has 0 radical (unpaired) electrons. The first-order chi connectivity index (χ1) is 7.70. The van der Waals surface area contributed by atoms with Gasteiger partial charge < -0.3 is 4.90 Å². The number of hydrogen-bond donors (Lipinski definition) is 0. The third-order valence-electron chi connectivity index (χ3n) is 3.17. The van der Waals surface area contributed by atoms with Crippen LogP contribution in [0.1, 0.15) is 36.5 Å². The van der Waals surface area contributed by atoms with Crippen molar-refractivity contribution in [2.75, 3.05) is 6.54 Å². The molecule has 1 aromatic rings. The molecule has 3 heteroatoms. The highest BCUT2D eigenvalue weighted by molar-refractivity contribution is 9.10. The molecule has 0 aromatic heterocycles. The maximum atomic E-state index is 12.3. The molecule has 1 atom stereocenters. The molecule has 0 bridgehead atoms. The summed E-state index contributed by atoms with van der Waals surface area (Å²) in [7, 11) is 0. The molecule has 2 nitrogen and oxygen atoms in total. The summed E-state index contributed by atoms with van der Waals surface area (Å²) in [5.41, 5.74) is 0.774. The van der Waals surface area contributed by atoms with Crippen molar-refractivity contribution in [2.45, 2.75) is 32.2 Å². The zero-order chi connectivity index (χ0) is 11.5. The molecule has 1 amide bonds. The van der Waals surface area contributed by atoms with Crippen molar-refractivity contribution in [1.82, 2.24) is 4.90 Å². The van der Waals surface area contributed by atoms with Crippen molar-refractivity contribution in [3.63, 3.8) is 0 Å². The smallest absolute Gasteiger partial charge is 0.255 e. The van der Waals surface area contributed by atoms with Gasteiger partial charge in [-0.3, -0.25) is 4.79 Å². The van der Waals surface area contributed by atoms with Gasteiger partial charge in [-0.05, 0) is 54.2 Å². The minimum Gasteiger partial charge on any atom is -0.336 e. The molecule has 86 valence electrons. The first kappa shape index (κ1) is 11.6. The van der Waals surface area contributed by atoms with Crippen LogP contribution in [0.3, 0.4) is 0 Å². The van der Waals surface area contributed by atoms with Gasteiger partial charge in [0, 0.05) is 17.1 Å². The van der Waals surface area contributed by atoms with Crippen LogP contribution in [0.2, 0.25) is 0 Å². The summed E-state index contributed by atoms with van der Waals surface area (Å²) in [6, 6.07) is 8.01. The summed E-state index contributed by atoms with van der Waals surface area (Å²) in [4.78, 5) is 14.3. The summed E-state index contributed by atoms with van der Waals surface area (Å²) >= 11 is 3.44. The summed E-state index contributed by atoms with van der Waals surface area (Å²) in [6.07, 6.45) is 3.48. The Balaban J connectivity index is 2.21. The summed E-state index contributed by atoms with van der Waals surface area (Å²) < 4.78 is 0.887. The van der Waals surface area contributed by atoms with Crippen molar-refractivity contribution in [1.29, 1.82) is 0 Å². The van der Waals surface area contributed by atoms with E-state index in [1.807, 2.05) is 29.2 Å². The first-order valence-corrected chi connectivity index (χ1v) is 6.55. The zero-order valence-electron chi connectivity index (χ0n) is 9.45. The molecule has 0 saturated carbocycles. The predicted molar refractivity (Wildman–Crippen MR) is 68.5 cm³/mol. The van der Waals surface area contributed by atoms with Gasteiger partial charge in [0.2, 0.25) is 0 Å². The number of piperidine rings is 1. The van der Waals surface area contributed by atoms with Crippen LogP contribution in [0.4, 0.5) is 0 Å². The summed E-state index contributed by atoms with van der Waals surface area (Å²) in [5, 5.41) is 0. The average molecular weight is 282 g/mol. The normalized spacial score (nSPS) is 20.9. The van der Waals surface area contributed by atoms with Gasteiger partial charge in [-0.15, -0.1) is 0 Å². The molecule has 1 aliphatic heterocycles. The van der Waals surface area contributed by atoms with E-state index in [1.54, 1.807) is 0 Å². The minimum absolute atomic E-state index is 0.152. The van der Waals surface area contributed by atoms with Gasteiger partial charge in [-0.2, -0.15) is 0 Å². The number of nitrogens with zero attached hydrogens (tertiary/aromatic N) is 1. The Labute approximate surface area is 105 Å². The van der Waals surface area contributed by atoms with E-state index < -0.39 is 0 Å². The molecule has 1 heterocycles. The Bertz CT molecular complexity index is 391. The predicted octanol–water partition coefficient (Wildman–Crippen LogP) is 3.46. The lowest BCUT2D eigenvalue weighted by atomic mass is 10.0. The molecule has 1 saturated heterocycles. The molecular formula is C13H16BrNO. The van der Waals surface area contributed by atoms with E-state index in [0.717, 1.165) is 29.4 Å². The molecule has 0 unspecified atom stereocenters. The van der Waals surface area contributed by atoms with E-state index in [1.165, 1.54) is 6.42 Å². The van der Waals surface area contributed by atoms with Gasteiger partial charge in [0.1, 0.15) is 0 Å². The monoisotopic (exact) mass is 281 g/mol. The van der Waals surface area contributed by atoms with Crippen molar-refractivity contribution in [3.05, 3.63) is 34.3 Å². The fourth-order valence-electron chi connectivity index (χ4n) is 2.19. The first-order valence-electron chi connectivity index (χ1n) is 5.75. The van der Waals surface area contributed by atoms with Gasteiger partial charge in [0.25, 0.3) is 5.91 Å². The van der Waals surface area contributed by atoms with Gasteiger partial charge in [0.05, 0.1) is 5.56 Å². The van der Waals surface area contributed by atoms with Crippen LogP contribution < -0.4 is 0 Å². The number of amides is 1. The van der Waals surface area contributed by atoms with Crippen molar-refractivity contribution >= 4 is 21.8 Å². The van der Waals surface area contributed by atoms with E-state index in [9.17, 15) is 4.79 Å². The van der Waals surface area contributed by atoms with E-state index in [2.05, 4.69) is 22.9 Å². The minimum atomic E-state index is 0.152. The lowest BCUT2D eigenvalue weighted by Crippen LogP contribution is -2.42. The highest BCUT2D eigenvalue weighted by Gasteiger charge is 2.24. The second-order valence-corrected chi connectivity index (χ2v) is 5.18. The Morgan fingerprint density at radius 3 is 2.81 bits per heavy atom. The number of carbonyl (C=O) groups excluding carboxylic acids is 1. The molecule has 2 rings (SSSR count). The molecule has 0 spiro atoms. The standard InChI is InChI=1S/C13H16BrNO/c1-10-6-4-5-9-15(10)13(16)11-7-2-3-8-12(11)14/h2-3,7-8,10H,4-6,9H2,1H3/t10-/m1/s1. The lowest BCUT2D eigenvalue weighted by molar-refractivity contribution is 0.0634. The SMILES string of the molecule is C[C@@H]1CCCCN1C(=O)c1ccccc1Br. The maximum Gasteiger partial charge on any atom is 0.255 e. The fourth-order valence-corrected chi connectivity index (χ4v) is 2.64. The van der Waals surface area contributed by atoms with Crippen molar-refractivity contribution < 1.29 is 4.79 Å². The van der Waals surface area contributed by atoms with Crippen molar-refractivity contribution in [2.24, 2.45) is 0 Å². The number of hydrogen-bond acceptors (Lipinski definition) is 1. The molecule has 0 N–H and O–H groups in total. The highest BCUT2D eigenvalue weighted by atomic mass is 79.9. The Kier molecular flexibility index (Phi) is 3.64. The van der Waals surface area contributed by atoms with E-state index in [0.29, 0.717) is 6.04 Å². The van der Waals surface area contributed by atoms with E-state index >= 15 is 0 Å². The van der Waals surface area contributed by atoms with Gasteiger partial charge in [-0.1, -0.05) is 12.1 Å². The zero-order valence-corrected chi connectivity index (χ0v) is 11.0. The maximum absolute atomic E-state index is 12.3. The highest BCUT2D eigenvalue weighted by Crippen LogP contribution is 2.23. The summed E-state index contributed by atoms with van der Waals surface area (Å²) in [6.45, 7) is 3.02. The average Bonchev–Trinajstić information content (AvgIpc) is 2.29. The topological polar surface area (TPSA) is 20.3 Å². The Morgan fingerprint density at radius 1 is 1.38 bits per heavy atom. The van der Waals surface area contributed by atoms with Gasteiger partial charge in [-0.25, -0.2) is 0 Å². The van der Waals surface area contributed by atoms with E-state index in [4.69, 9.17) is 0 Å². The van der Waals surface area contributed by atoms with Crippen LogP contribution in [-0.2, 0) is 0 Å². The number of benzene rings is 1. The number of halogens is 1. The molecule has 1 aromatic carbocycles. The quantitative estimate of drug-likeness (QED) is 0.772. The molecule has 1 aliphatic rings. The van der Waals surface area contributed by atoms with Gasteiger partial charge in [0.15, 0.2) is 0 Å². The second kappa shape index (κ2) is 5.00. The summed E-state index contributed by atoms with van der Waals surface area (Å²) in [5.74, 6) is 0.152. The Morgan fingerprint density at radius 2 is 2.12 bits per heavy atom. The number of likely N-dealkylation sites (tertiary alicyclic amines) is 1. The van der Waals surface area contributed by atoms with Crippen LogP contribution in [-0.4, -0.2) is 23.4 Å². The number of rotatable bonds is 1. The lowest BCUT2D eigenvalue weighted by Gasteiger charge is -2.33. The molecule has 1 fully saturated rings. The van der Waals surface area contributed by atoms with Crippen LogP contribution >= 0.6 is 15.9 Å². The Hall–Kier alpha value is -0.830. The molecule has 16 heavy (non-hydrogen) atoms. The molecule has 0 aliphatic carbocycles.